The maximum Gasteiger partial charge on any atom is 0.416 e. The van der Waals surface area contributed by atoms with E-state index in [1.54, 1.807) is 6.07 Å². The topological polar surface area (TPSA) is 61.4 Å². The molecule has 1 aliphatic heterocycles. The standard InChI is InChI=1S/C25H27F6N3O2/c1-3-15(2)32-23(36)20-14-19(7-8-21(20)34-9-5-4-6-10-34)33-22(35)16-11-17(24(26,27)28)13-18(12-16)25(29,30)31/h7-8,11-15H,3-6,9-10H2,1-2H3,(H,32,36)(H,33,35). The number of halogens is 6. The maximum absolute atomic E-state index is 13.2. The molecule has 0 bridgehead atoms. The SMILES string of the molecule is CCC(C)NC(=O)c1cc(NC(=O)c2cc(C(F)(F)F)cc(C(F)(F)F)c2)ccc1N1CCCCC1. The van der Waals surface area contributed by atoms with Crippen LogP contribution in [0.15, 0.2) is 36.4 Å². The molecule has 0 radical (unpaired) electrons. The summed E-state index contributed by atoms with van der Waals surface area (Å²) in [5, 5.41) is 5.19. The Morgan fingerprint density at radius 2 is 1.47 bits per heavy atom. The number of alkyl halides is 6. The van der Waals surface area contributed by atoms with Crippen LogP contribution in [0.4, 0.5) is 37.7 Å². The number of nitrogens with zero attached hydrogens (tertiary/aromatic N) is 1. The molecule has 36 heavy (non-hydrogen) atoms. The average Bonchev–Trinajstić information content (AvgIpc) is 2.83. The molecule has 0 saturated carbocycles. The van der Waals surface area contributed by atoms with Gasteiger partial charge in [-0.2, -0.15) is 26.3 Å². The van der Waals surface area contributed by atoms with E-state index >= 15 is 0 Å². The van der Waals surface area contributed by atoms with Crippen LogP contribution in [-0.2, 0) is 12.4 Å². The molecule has 2 aromatic rings. The quantitative estimate of drug-likeness (QED) is 0.432. The Balaban J connectivity index is 1.96. The van der Waals surface area contributed by atoms with Crippen molar-refractivity contribution < 1.29 is 35.9 Å². The summed E-state index contributed by atoms with van der Waals surface area (Å²) in [7, 11) is 0. The molecule has 3 rings (SSSR count). The molecule has 2 N–H and O–H groups in total. The van der Waals surface area contributed by atoms with E-state index in [0.29, 0.717) is 24.2 Å². The summed E-state index contributed by atoms with van der Waals surface area (Å²) in [6.45, 7) is 5.20. The summed E-state index contributed by atoms with van der Waals surface area (Å²) in [4.78, 5) is 27.7. The molecule has 2 amide bonds. The zero-order valence-corrected chi connectivity index (χ0v) is 19.8. The van der Waals surface area contributed by atoms with E-state index in [-0.39, 0.29) is 29.3 Å². The Morgan fingerprint density at radius 3 is 2.00 bits per heavy atom. The second-order valence-corrected chi connectivity index (χ2v) is 8.81. The van der Waals surface area contributed by atoms with Gasteiger partial charge in [0.15, 0.2) is 0 Å². The van der Waals surface area contributed by atoms with Gasteiger partial charge in [-0.25, -0.2) is 0 Å². The molecule has 1 aliphatic rings. The van der Waals surface area contributed by atoms with Gasteiger partial charge in [-0.3, -0.25) is 9.59 Å². The van der Waals surface area contributed by atoms with Crippen molar-refractivity contribution >= 4 is 23.2 Å². The van der Waals surface area contributed by atoms with Gasteiger partial charge in [-0.15, -0.1) is 0 Å². The predicted molar refractivity (Wildman–Crippen MR) is 124 cm³/mol. The maximum atomic E-state index is 13.2. The minimum absolute atomic E-state index is 0.0401. The Morgan fingerprint density at radius 1 is 0.889 bits per heavy atom. The first-order valence-electron chi connectivity index (χ1n) is 11.6. The lowest BCUT2D eigenvalue weighted by Gasteiger charge is -2.31. The smallest absolute Gasteiger partial charge is 0.371 e. The van der Waals surface area contributed by atoms with E-state index < -0.39 is 35.0 Å². The van der Waals surface area contributed by atoms with Gasteiger partial charge >= 0.3 is 12.4 Å². The molecule has 5 nitrogen and oxygen atoms in total. The molecule has 0 aromatic heterocycles. The van der Waals surface area contributed by atoms with Crippen LogP contribution in [0.5, 0.6) is 0 Å². The van der Waals surface area contributed by atoms with Crippen molar-refractivity contribution in [1.82, 2.24) is 5.32 Å². The highest BCUT2D eigenvalue weighted by Gasteiger charge is 2.37. The molecule has 196 valence electrons. The fraction of sp³-hybridized carbons (Fsp3) is 0.440. The van der Waals surface area contributed by atoms with Gasteiger partial charge < -0.3 is 15.5 Å². The predicted octanol–water partition coefficient (Wildman–Crippen LogP) is 6.50. The third kappa shape index (κ3) is 6.70. The normalized spacial score (nSPS) is 15.4. The zero-order chi connectivity index (χ0) is 26.7. The lowest BCUT2D eigenvalue weighted by atomic mass is 10.0. The molecular formula is C25H27F6N3O2. The number of benzene rings is 2. The molecule has 11 heteroatoms. The number of rotatable bonds is 6. The highest BCUT2D eigenvalue weighted by atomic mass is 19.4. The van der Waals surface area contributed by atoms with E-state index in [2.05, 4.69) is 10.6 Å². The van der Waals surface area contributed by atoms with Crippen LogP contribution in [0.3, 0.4) is 0 Å². The van der Waals surface area contributed by atoms with Gasteiger partial charge in [-0.1, -0.05) is 6.92 Å². The Kier molecular flexibility index (Phi) is 8.20. The number of hydrogen-bond donors (Lipinski definition) is 2. The second-order valence-electron chi connectivity index (χ2n) is 8.81. The van der Waals surface area contributed by atoms with Crippen LogP contribution in [0.1, 0.15) is 71.4 Å². The lowest BCUT2D eigenvalue weighted by Crippen LogP contribution is -2.35. The average molecular weight is 515 g/mol. The second kappa shape index (κ2) is 10.8. The summed E-state index contributed by atoms with van der Waals surface area (Å²) in [5.41, 5.74) is -3.00. The minimum Gasteiger partial charge on any atom is -0.371 e. The Hall–Kier alpha value is -3.24. The molecule has 0 aliphatic carbocycles. The van der Waals surface area contributed by atoms with Crippen molar-refractivity contribution in [2.75, 3.05) is 23.3 Å². The number of hydrogen-bond acceptors (Lipinski definition) is 3. The van der Waals surface area contributed by atoms with E-state index in [1.165, 1.54) is 12.1 Å². The third-order valence-corrected chi connectivity index (χ3v) is 6.04. The number of nitrogens with one attached hydrogen (secondary N) is 2. The highest BCUT2D eigenvalue weighted by Crippen LogP contribution is 2.36. The van der Waals surface area contributed by atoms with Gasteiger partial charge in [0.25, 0.3) is 11.8 Å². The van der Waals surface area contributed by atoms with Crippen molar-refractivity contribution in [3.63, 3.8) is 0 Å². The zero-order valence-electron chi connectivity index (χ0n) is 19.8. The van der Waals surface area contributed by atoms with Crippen molar-refractivity contribution in [3.05, 3.63) is 58.7 Å². The summed E-state index contributed by atoms with van der Waals surface area (Å²) in [6, 6.07) is 5.04. The van der Waals surface area contributed by atoms with Crippen LogP contribution in [0.25, 0.3) is 0 Å². The molecule has 1 unspecified atom stereocenters. The Bertz CT molecular complexity index is 1080. The molecular weight excluding hydrogens is 488 g/mol. The van der Waals surface area contributed by atoms with Crippen molar-refractivity contribution in [3.8, 4) is 0 Å². The van der Waals surface area contributed by atoms with E-state index in [4.69, 9.17) is 0 Å². The third-order valence-electron chi connectivity index (χ3n) is 6.04. The van der Waals surface area contributed by atoms with Crippen LogP contribution in [-0.4, -0.2) is 30.9 Å². The number of carbonyl (C=O) groups excluding carboxylic acids is 2. The van der Waals surface area contributed by atoms with E-state index in [9.17, 15) is 35.9 Å². The van der Waals surface area contributed by atoms with Gasteiger partial charge in [0.1, 0.15) is 0 Å². The molecule has 1 heterocycles. The summed E-state index contributed by atoms with van der Waals surface area (Å²) >= 11 is 0. The first-order valence-corrected chi connectivity index (χ1v) is 11.6. The monoisotopic (exact) mass is 515 g/mol. The number of carbonyl (C=O) groups is 2. The van der Waals surface area contributed by atoms with E-state index in [0.717, 1.165) is 32.4 Å². The van der Waals surface area contributed by atoms with Gasteiger partial charge in [-0.05, 0) is 69.0 Å². The van der Waals surface area contributed by atoms with E-state index in [1.807, 2.05) is 18.7 Å². The Labute approximate surface area is 204 Å². The number of piperidine rings is 1. The highest BCUT2D eigenvalue weighted by molar-refractivity contribution is 6.06. The lowest BCUT2D eigenvalue weighted by molar-refractivity contribution is -0.143. The summed E-state index contributed by atoms with van der Waals surface area (Å²) in [5.74, 6) is -1.55. The fourth-order valence-electron chi connectivity index (χ4n) is 3.90. The van der Waals surface area contributed by atoms with Crippen LogP contribution in [0.2, 0.25) is 0 Å². The van der Waals surface area contributed by atoms with Gasteiger partial charge in [0.05, 0.1) is 16.7 Å². The number of anilines is 2. The number of amides is 2. The molecule has 0 spiro atoms. The summed E-state index contributed by atoms with van der Waals surface area (Å²) < 4.78 is 79.0. The van der Waals surface area contributed by atoms with Crippen LogP contribution < -0.4 is 15.5 Å². The van der Waals surface area contributed by atoms with Crippen molar-refractivity contribution in [1.29, 1.82) is 0 Å². The molecule has 1 fully saturated rings. The molecule has 1 atom stereocenters. The van der Waals surface area contributed by atoms with Crippen molar-refractivity contribution in [2.45, 2.75) is 57.9 Å². The van der Waals surface area contributed by atoms with Crippen LogP contribution >= 0.6 is 0 Å². The van der Waals surface area contributed by atoms with Crippen molar-refractivity contribution in [2.24, 2.45) is 0 Å². The molecule has 1 saturated heterocycles. The minimum atomic E-state index is -5.08. The van der Waals surface area contributed by atoms with Gasteiger partial charge in [0.2, 0.25) is 0 Å². The first kappa shape index (κ1) is 27.3. The molecule has 2 aromatic carbocycles. The van der Waals surface area contributed by atoms with Crippen LogP contribution in [0, 0.1) is 0 Å². The first-order chi connectivity index (χ1) is 16.8. The largest absolute Gasteiger partial charge is 0.416 e. The van der Waals surface area contributed by atoms with Gasteiger partial charge in [0, 0.05) is 36.1 Å². The fourth-order valence-corrected chi connectivity index (χ4v) is 3.90. The summed E-state index contributed by atoms with van der Waals surface area (Å²) in [6.07, 6.45) is -6.51.